The molecule has 0 radical (unpaired) electrons. The predicted octanol–water partition coefficient (Wildman–Crippen LogP) is 2.45. The second-order valence-electron chi connectivity index (χ2n) is 6.46. The van der Waals surface area contributed by atoms with E-state index in [9.17, 15) is 4.79 Å². The Morgan fingerprint density at radius 2 is 2.08 bits per heavy atom. The van der Waals surface area contributed by atoms with Gasteiger partial charge in [0.1, 0.15) is 11.9 Å². The van der Waals surface area contributed by atoms with E-state index in [1.807, 2.05) is 29.2 Å². The third kappa shape index (κ3) is 3.24. The molecule has 2 aliphatic rings. The topological polar surface area (TPSA) is 77.7 Å². The van der Waals surface area contributed by atoms with Crippen molar-refractivity contribution in [2.45, 2.75) is 25.4 Å². The monoisotopic (exact) mass is 343 g/mol. The first kappa shape index (κ1) is 16.1. The molecule has 1 saturated carbocycles. The van der Waals surface area contributed by atoms with Crippen molar-refractivity contribution in [3.8, 4) is 17.2 Å². The number of nitrogens with zero attached hydrogens (tertiary/aromatic N) is 3. The molecule has 1 unspecified atom stereocenters. The first-order chi connectivity index (χ1) is 12.2. The fraction of sp³-hybridized carbons (Fsp3) is 0.500. The number of carbonyl (C=O) groups excluding carboxylic acids is 1. The lowest BCUT2D eigenvalue weighted by Gasteiger charge is -2.36. The number of morpholine rings is 1. The fourth-order valence-corrected chi connectivity index (χ4v) is 3.14. The summed E-state index contributed by atoms with van der Waals surface area (Å²) in [5.41, 5.74) is 0.817. The average Bonchev–Trinajstić information content (AvgIpc) is 3.10. The van der Waals surface area contributed by atoms with E-state index in [0.29, 0.717) is 31.4 Å². The minimum Gasteiger partial charge on any atom is -0.497 e. The van der Waals surface area contributed by atoms with Gasteiger partial charge in [0.25, 0.3) is 5.89 Å². The molecule has 2 fully saturated rings. The number of ether oxygens (including phenoxy) is 2. The van der Waals surface area contributed by atoms with Crippen molar-refractivity contribution in [1.29, 1.82) is 0 Å². The molecule has 4 rings (SSSR count). The van der Waals surface area contributed by atoms with Crippen LogP contribution in [0.3, 0.4) is 0 Å². The third-order valence-electron chi connectivity index (χ3n) is 4.90. The number of hydrogen-bond donors (Lipinski definition) is 0. The first-order valence-electron chi connectivity index (χ1n) is 8.63. The summed E-state index contributed by atoms with van der Waals surface area (Å²) in [5, 5.41) is 4.05. The molecule has 0 N–H and O–H groups in total. The minimum absolute atomic E-state index is 0.193. The average molecular weight is 343 g/mol. The lowest BCUT2D eigenvalue weighted by molar-refractivity contribution is -0.146. The van der Waals surface area contributed by atoms with Gasteiger partial charge in [0, 0.05) is 18.0 Å². The van der Waals surface area contributed by atoms with Crippen LogP contribution in [0.2, 0.25) is 0 Å². The minimum atomic E-state index is -0.339. The van der Waals surface area contributed by atoms with Crippen molar-refractivity contribution in [2.24, 2.45) is 5.92 Å². The molecule has 1 saturated heterocycles. The Hall–Kier alpha value is -2.41. The second-order valence-corrected chi connectivity index (χ2v) is 6.46. The highest BCUT2D eigenvalue weighted by molar-refractivity contribution is 5.79. The molecule has 1 aliphatic carbocycles. The van der Waals surface area contributed by atoms with E-state index in [4.69, 9.17) is 14.0 Å². The zero-order valence-corrected chi connectivity index (χ0v) is 14.2. The summed E-state index contributed by atoms with van der Waals surface area (Å²) < 4.78 is 16.3. The molecule has 1 aromatic carbocycles. The largest absolute Gasteiger partial charge is 0.497 e. The van der Waals surface area contributed by atoms with Crippen LogP contribution in [-0.4, -0.2) is 47.8 Å². The standard InChI is InChI=1S/C18H21N3O4/c1-23-14-7-5-12(6-8-14)17-19-16(20-25-17)15-11-21(9-10-24-15)18(22)13-3-2-4-13/h5-8,13,15H,2-4,9-11H2,1H3. The number of amides is 1. The van der Waals surface area contributed by atoms with Gasteiger partial charge in [-0.1, -0.05) is 11.6 Å². The molecule has 2 heterocycles. The van der Waals surface area contributed by atoms with Crippen molar-refractivity contribution in [3.63, 3.8) is 0 Å². The molecule has 132 valence electrons. The predicted molar refractivity (Wildman–Crippen MR) is 88.9 cm³/mol. The van der Waals surface area contributed by atoms with E-state index in [2.05, 4.69) is 10.1 Å². The van der Waals surface area contributed by atoms with E-state index in [-0.39, 0.29) is 17.9 Å². The molecule has 7 heteroatoms. The van der Waals surface area contributed by atoms with Crippen molar-refractivity contribution < 1.29 is 18.8 Å². The van der Waals surface area contributed by atoms with Crippen LogP contribution in [0, 0.1) is 5.92 Å². The van der Waals surface area contributed by atoms with Crippen molar-refractivity contribution in [3.05, 3.63) is 30.1 Å². The maximum atomic E-state index is 12.4. The molecule has 0 bridgehead atoms. The van der Waals surface area contributed by atoms with Crippen molar-refractivity contribution in [1.82, 2.24) is 15.0 Å². The van der Waals surface area contributed by atoms with Crippen LogP contribution < -0.4 is 4.74 Å². The number of rotatable bonds is 4. The van der Waals surface area contributed by atoms with Crippen molar-refractivity contribution >= 4 is 5.91 Å². The van der Waals surface area contributed by atoms with Crippen LogP contribution in [0.25, 0.3) is 11.5 Å². The Bertz CT molecular complexity index is 739. The molecule has 2 aromatic rings. The zero-order chi connectivity index (χ0) is 17.2. The molecule has 1 aromatic heterocycles. The first-order valence-corrected chi connectivity index (χ1v) is 8.63. The second kappa shape index (κ2) is 6.84. The van der Waals surface area contributed by atoms with Crippen molar-refractivity contribution in [2.75, 3.05) is 26.8 Å². The van der Waals surface area contributed by atoms with Gasteiger partial charge in [0.05, 0.1) is 20.3 Å². The quantitative estimate of drug-likeness (QED) is 0.848. The number of aromatic nitrogens is 2. The van der Waals surface area contributed by atoms with Gasteiger partial charge in [-0.25, -0.2) is 0 Å². The Morgan fingerprint density at radius 1 is 1.28 bits per heavy atom. The number of hydrogen-bond acceptors (Lipinski definition) is 6. The molecule has 1 atom stereocenters. The van der Waals surface area contributed by atoms with E-state index in [1.54, 1.807) is 7.11 Å². The van der Waals surface area contributed by atoms with Crippen LogP contribution in [0.4, 0.5) is 0 Å². The van der Waals surface area contributed by atoms with E-state index in [0.717, 1.165) is 30.6 Å². The Morgan fingerprint density at radius 3 is 2.76 bits per heavy atom. The van der Waals surface area contributed by atoms with Crippen LogP contribution in [0.1, 0.15) is 31.2 Å². The van der Waals surface area contributed by atoms with Gasteiger partial charge >= 0.3 is 0 Å². The summed E-state index contributed by atoms with van der Waals surface area (Å²) in [5.74, 6) is 2.11. The van der Waals surface area contributed by atoms with Gasteiger partial charge in [0.15, 0.2) is 0 Å². The lowest BCUT2D eigenvalue weighted by atomic mass is 9.84. The highest BCUT2D eigenvalue weighted by Gasteiger charge is 2.34. The summed E-state index contributed by atoms with van der Waals surface area (Å²) >= 11 is 0. The Kier molecular flexibility index (Phi) is 4.40. The molecule has 1 aliphatic heterocycles. The Balaban J connectivity index is 1.46. The van der Waals surface area contributed by atoms with Crippen LogP contribution in [0.15, 0.2) is 28.8 Å². The van der Waals surface area contributed by atoms with Gasteiger partial charge < -0.3 is 18.9 Å². The van der Waals surface area contributed by atoms with Crippen LogP contribution in [0.5, 0.6) is 5.75 Å². The van der Waals surface area contributed by atoms with Gasteiger partial charge in [-0.15, -0.1) is 0 Å². The maximum absolute atomic E-state index is 12.4. The normalized spacial score (nSPS) is 21.0. The number of carbonyl (C=O) groups is 1. The number of methoxy groups -OCH3 is 1. The van der Waals surface area contributed by atoms with Gasteiger partial charge in [-0.05, 0) is 37.1 Å². The van der Waals surface area contributed by atoms with Gasteiger partial charge in [0.2, 0.25) is 11.7 Å². The summed E-state index contributed by atoms with van der Waals surface area (Å²) in [7, 11) is 1.62. The molecule has 7 nitrogen and oxygen atoms in total. The molecule has 0 spiro atoms. The highest BCUT2D eigenvalue weighted by atomic mass is 16.5. The summed E-state index contributed by atoms with van der Waals surface area (Å²) in [4.78, 5) is 18.8. The summed E-state index contributed by atoms with van der Waals surface area (Å²) in [6, 6.07) is 7.42. The van der Waals surface area contributed by atoms with E-state index in [1.165, 1.54) is 0 Å². The van der Waals surface area contributed by atoms with Crippen LogP contribution >= 0.6 is 0 Å². The fourth-order valence-electron chi connectivity index (χ4n) is 3.14. The maximum Gasteiger partial charge on any atom is 0.258 e. The molecule has 1 amide bonds. The molecule has 25 heavy (non-hydrogen) atoms. The zero-order valence-electron chi connectivity index (χ0n) is 14.2. The number of benzene rings is 1. The van der Waals surface area contributed by atoms with Gasteiger partial charge in [-0.2, -0.15) is 4.98 Å². The van der Waals surface area contributed by atoms with Gasteiger partial charge in [-0.3, -0.25) is 4.79 Å². The molecular formula is C18H21N3O4. The smallest absolute Gasteiger partial charge is 0.258 e. The summed E-state index contributed by atoms with van der Waals surface area (Å²) in [6.45, 7) is 1.61. The highest BCUT2D eigenvalue weighted by Crippen LogP contribution is 2.31. The Labute approximate surface area is 145 Å². The SMILES string of the molecule is COc1ccc(-c2nc(C3CN(C(=O)C4CCC4)CCO3)no2)cc1. The third-order valence-corrected chi connectivity index (χ3v) is 4.90. The van der Waals surface area contributed by atoms with E-state index < -0.39 is 0 Å². The summed E-state index contributed by atoms with van der Waals surface area (Å²) in [6.07, 6.45) is 2.82. The van der Waals surface area contributed by atoms with E-state index >= 15 is 0 Å². The van der Waals surface area contributed by atoms with Crippen LogP contribution in [-0.2, 0) is 9.53 Å². The lowest BCUT2D eigenvalue weighted by Crippen LogP contribution is -2.46. The molecular weight excluding hydrogens is 322 g/mol.